The van der Waals surface area contributed by atoms with Crippen molar-refractivity contribution < 1.29 is 27.4 Å². The van der Waals surface area contributed by atoms with Crippen LogP contribution >= 0.6 is 0 Å². The van der Waals surface area contributed by atoms with E-state index in [0.29, 0.717) is 11.3 Å². The zero-order valence-electron chi connectivity index (χ0n) is 19.4. The Morgan fingerprint density at radius 1 is 1.09 bits per heavy atom. The van der Waals surface area contributed by atoms with Crippen LogP contribution in [-0.2, 0) is 22.3 Å². The molecule has 1 saturated heterocycles. The van der Waals surface area contributed by atoms with Gasteiger partial charge in [-0.05, 0) is 44.5 Å². The minimum atomic E-state index is -4.40. The molecule has 1 amide bonds. The van der Waals surface area contributed by atoms with Gasteiger partial charge in [0.05, 0.1) is 49.5 Å². The highest BCUT2D eigenvalue weighted by Gasteiger charge is 2.40. The Balaban J connectivity index is 1.51. The molecule has 2 atom stereocenters. The van der Waals surface area contributed by atoms with Gasteiger partial charge in [-0.2, -0.15) is 23.4 Å². The van der Waals surface area contributed by atoms with Gasteiger partial charge in [-0.1, -0.05) is 17.3 Å². The van der Waals surface area contributed by atoms with E-state index in [2.05, 4.69) is 20.5 Å². The number of benzene rings is 1. The fourth-order valence-electron chi connectivity index (χ4n) is 3.66. The lowest BCUT2D eigenvalue weighted by Crippen LogP contribution is -2.36. The van der Waals surface area contributed by atoms with Crippen molar-refractivity contribution in [3.63, 3.8) is 0 Å². The fourth-order valence-corrected chi connectivity index (χ4v) is 3.66. The lowest BCUT2D eigenvalue weighted by atomic mass is 10.1. The van der Waals surface area contributed by atoms with Gasteiger partial charge in [0.25, 0.3) is 0 Å². The second-order valence-corrected chi connectivity index (χ2v) is 9.21. The first kappa shape index (κ1) is 24.6. The van der Waals surface area contributed by atoms with E-state index in [1.165, 1.54) is 17.0 Å². The van der Waals surface area contributed by atoms with Crippen molar-refractivity contribution in [3.05, 3.63) is 60.0 Å². The van der Waals surface area contributed by atoms with Crippen molar-refractivity contribution in [1.29, 1.82) is 0 Å². The minimum absolute atomic E-state index is 0.0668. The van der Waals surface area contributed by atoms with Crippen LogP contribution in [0.25, 0.3) is 11.3 Å². The Labute approximate surface area is 199 Å². The van der Waals surface area contributed by atoms with Gasteiger partial charge in [0.15, 0.2) is 0 Å². The highest BCUT2D eigenvalue weighted by molar-refractivity contribution is 5.68. The number of amides is 1. The Hall–Kier alpha value is -3.54. The lowest BCUT2D eigenvalue weighted by molar-refractivity contribution is -0.137. The normalized spacial score (nSPS) is 18.6. The first-order valence-corrected chi connectivity index (χ1v) is 10.9. The van der Waals surface area contributed by atoms with E-state index in [4.69, 9.17) is 9.47 Å². The molecule has 3 heterocycles. The van der Waals surface area contributed by atoms with Crippen LogP contribution < -0.4 is 0 Å². The van der Waals surface area contributed by atoms with Gasteiger partial charge in [-0.3, -0.25) is 0 Å². The van der Waals surface area contributed by atoms with E-state index in [1.54, 1.807) is 50.1 Å². The molecule has 1 aliphatic rings. The van der Waals surface area contributed by atoms with Crippen molar-refractivity contribution in [3.8, 4) is 11.3 Å². The van der Waals surface area contributed by atoms with Crippen LogP contribution in [0.5, 0.6) is 0 Å². The predicted octanol–water partition coefficient (Wildman–Crippen LogP) is 4.13. The lowest BCUT2D eigenvalue weighted by Gasteiger charge is -2.24. The van der Waals surface area contributed by atoms with Crippen LogP contribution in [0, 0.1) is 0 Å². The topological polar surface area (TPSA) is 95.3 Å². The van der Waals surface area contributed by atoms with Crippen LogP contribution in [0.1, 0.15) is 37.9 Å². The molecule has 186 valence electrons. The third-order valence-electron chi connectivity index (χ3n) is 5.36. The van der Waals surface area contributed by atoms with E-state index in [1.807, 2.05) is 0 Å². The summed E-state index contributed by atoms with van der Waals surface area (Å²) in [6, 6.07) is 6.16. The van der Waals surface area contributed by atoms with Gasteiger partial charge in [-0.15, -0.1) is 5.10 Å². The third kappa shape index (κ3) is 6.13. The first-order valence-electron chi connectivity index (χ1n) is 10.9. The van der Waals surface area contributed by atoms with Crippen molar-refractivity contribution >= 4 is 6.09 Å². The smallest absolute Gasteiger partial charge is 0.416 e. The number of alkyl halides is 3. The number of hydrogen-bond acceptors (Lipinski definition) is 7. The van der Waals surface area contributed by atoms with Crippen LogP contribution in [0.4, 0.5) is 18.0 Å². The predicted molar refractivity (Wildman–Crippen MR) is 118 cm³/mol. The number of hydrogen-bond donors (Lipinski definition) is 0. The van der Waals surface area contributed by atoms with E-state index < -0.39 is 29.5 Å². The molecule has 0 aliphatic carbocycles. The van der Waals surface area contributed by atoms with Gasteiger partial charge < -0.3 is 14.4 Å². The number of halogens is 3. The minimum Gasteiger partial charge on any atom is -0.444 e. The van der Waals surface area contributed by atoms with Gasteiger partial charge in [0.1, 0.15) is 11.3 Å². The first-order chi connectivity index (χ1) is 16.5. The summed E-state index contributed by atoms with van der Waals surface area (Å²) < 4.78 is 51.7. The van der Waals surface area contributed by atoms with Gasteiger partial charge in [0.2, 0.25) is 0 Å². The highest BCUT2D eigenvalue weighted by atomic mass is 19.4. The van der Waals surface area contributed by atoms with Gasteiger partial charge in [-0.25, -0.2) is 9.48 Å². The maximum atomic E-state index is 12.8. The Morgan fingerprint density at radius 3 is 2.46 bits per heavy atom. The average molecular weight is 490 g/mol. The molecule has 4 rings (SSSR count). The number of aromatic nitrogens is 5. The Bertz CT molecular complexity index is 1150. The number of ether oxygens (including phenoxy) is 2. The largest absolute Gasteiger partial charge is 0.444 e. The van der Waals surface area contributed by atoms with Crippen LogP contribution in [0.3, 0.4) is 0 Å². The molecular weight excluding hydrogens is 465 g/mol. The van der Waals surface area contributed by atoms with E-state index in [-0.39, 0.29) is 25.7 Å². The summed E-state index contributed by atoms with van der Waals surface area (Å²) in [6.07, 6.45) is -0.538. The molecule has 2 unspecified atom stereocenters. The van der Waals surface area contributed by atoms with Crippen molar-refractivity contribution in [1.82, 2.24) is 30.1 Å². The zero-order valence-corrected chi connectivity index (χ0v) is 19.4. The summed E-state index contributed by atoms with van der Waals surface area (Å²) in [5.74, 6) is 0. The quantitative estimate of drug-likeness (QED) is 0.531. The summed E-state index contributed by atoms with van der Waals surface area (Å²) in [6.45, 7) is 5.91. The monoisotopic (exact) mass is 490 g/mol. The zero-order chi connectivity index (χ0) is 25.2. The van der Waals surface area contributed by atoms with Gasteiger partial charge >= 0.3 is 12.3 Å². The second kappa shape index (κ2) is 9.61. The molecule has 35 heavy (non-hydrogen) atoms. The fraction of sp³-hybridized carbons (Fsp3) is 0.435. The molecule has 2 aromatic heterocycles. The number of carbonyl (C=O) groups excluding carboxylic acids is 1. The molecule has 3 aromatic rings. The summed E-state index contributed by atoms with van der Waals surface area (Å²) in [7, 11) is 0. The van der Waals surface area contributed by atoms with Crippen LogP contribution in [0.2, 0.25) is 0 Å². The SMILES string of the molecule is CC(C)(C)OC(=O)N1CC(OCc2ccc(C(F)(F)F)cc2)C(n2cc(-c3ccnnc3)nn2)C1. The van der Waals surface area contributed by atoms with Crippen molar-refractivity contribution in [2.24, 2.45) is 0 Å². The molecule has 1 aliphatic heterocycles. The summed E-state index contributed by atoms with van der Waals surface area (Å²) in [5.41, 5.74) is 0.500. The summed E-state index contributed by atoms with van der Waals surface area (Å²) in [4.78, 5) is 14.2. The standard InChI is InChI=1S/C23H25F3N6O3/c1-22(2,3)35-21(33)31-12-19(32-11-18(29-30-32)16-8-9-27-28-10-16)20(13-31)34-14-15-4-6-17(7-5-15)23(24,25)26/h4-11,19-20H,12-14H2,1-3H3. The number of nitrogens with zero attached hydrogens (tertiary/aromatic N) is 6. The maximum Gasteiger partial charge on any atom is 0.416 e. The molecular formula is C23H25F3N6O3. The molecule has 0 N–H and O–H groups in total. The second-order valence-electron chi connectivity index (χ2n) is 9.21. The summed E-state index contributed by atoms with van der Waals surface area (Å²) in [5, 5.41) is 16.0. The van der Waals surface area contributed by atoms with E-state index >= 15 is 0 Å². The van der Waals surface area contributed by atoms with Crippen molar-refractivity contribution in [2.75, 3.05) is 13.1 Å². The van der Waals surface area contributed by atoms with E-state index in [0.717, 1.165) is 17.7 Å². The van der Waals surface area contributed by atoms with Crippen LogP contribution in [0.15, 0.2) is 48.9 Å². The van der Waals surface area contributed by atoms with Crippen LogP contribution in [-0.4, -0.2) is 61.0 Å². The van der Waals surface area contributed by atoms with E-state index in [9.17, 15) is 18.0 Å². The number of rotatable bonds is 5. The molecule has 0 saturated carbocycles. The Kier molecular flexibility index (Phi) is 6.75. The highest BCUT2D eigenvalue weighted by Crippen LogP contribution is 2.30. The molecule has 0 spiro atoms. The molecule has 0 radical (unpaired) electrons. The van der Waals surface area contributed by atoms with Gasteiger partial charge in [0, 0.05) is 12.1 Å². The molecule has 1 fully saturated rings. The third-order valence-corrected chi connectivity index (χ3v) is 5.36. The average Bonchev–Trinajstić information content (AvgIpc) is 3.44. The molecule has 9 nitrogen and oxygen atoms in total. The Morgan fingerprint density at radius 2 is 1.83 bits per heavy atom. The number of likely N-dealkylation sites (tertiary alicyclic amines) is 1. The molecule has 1 aromatic carbocycles. The molecule has 0 bridgehead atoms. The van der Waals surface area contributed by atoms with Crippen molar-refractivity contribution in [2.45, 2.75) is 51.3 Å². The maximum absolute atomic E-state index is 12.8. The number of carbonyl (C=O) groups is 1. The molecule has 12 heteroatoms. The summed E-state index contributed by atoms with van der Waals surface area (Å²) >= 11 is 0.